The van der Waals surface area contributed by atoms with E-state index in [1.807, 2.05) is 62.4 Å². The third-order valence-corrected chi connectivity index (χ3v) is 7.87. The zero-order chi connectivity index (χ0) is 26.4. The van der Waals surface area contributed by atoms with Gasteiger partial charge in [-0.15, -0.1) is 0 Å². The van der Waals surface area contributed by atoms with E-state index < -0.39 is 32.9 Å². The Morgan fingerprint density at radius 2 is 1.62 bits per heavy atom. The number of benzene rings is 2. The molecule has 0 saturated carbocycles. The maximum Gasteiger partial charge on any atom is 0.187 e. The van der Waals surface area contributed by atoms with Gasteiger partial charge < -0.3 is 28.4 Å². The van der Waals surface area contributed by atoms with Crippen LogP contribution in [0.25, 0.3) is 0 Å². The van der Waals surface area contributed by atoms with Crippen LogP contribution in [-0.2, 0) is 35.0 Å². The van der Waals surface area contributed by atoms with E-state index in [1.165, 1.54) is 0 Å². The molecular weight excluding hydrogens is 484 g/mol. The fourth-order valence-electron chi connectivity index (χ4n) is 4.85. The molecule has 37 heavy (non-hydrogen) atoms. The lowest BCUT2D eigenvalue weighted by atomic mass is 9.97. The molecule has 0 aliphatic carbocycles. The quantitative estimate of drug-likeness (QED) is 0.260. The lowest BCUT2D eigenvalue weighted by Gasteiger charge is -2.49. The Balaban J connectivity index is 1.58. The first-order valence-corrected chi connectivity index (χ1v) is 17.0. The molecule has 4 rings (SSSR count). The molecule has 1 unspecified atom stereocenters. The highest BCUT2D eigenvalue weighted by molar-refractivity contribution is 6.76. The van der Waals surface area contributed by atoms with Gasteiger partial charge in [-0.1, -0.05) is 92.5 Å². The summed E-state index contributed by atoms with van der Waals surface area (Å²) in [7, 11) is -1.32. The van der Waals surface area contributed by atoms with Gasteiger partial charge in [0.25, 0.3) is 0 Å². The van der Waals surface area contributed by atoms with Crippen LogP contribution in [0.2, 0.25) is 25.7 Å². The van der Waals surface area contributed by atoms with Crippen molar-refractivity contribution in [2.75, 3.05) is 13.2 Å². The molecule has 2 aromatic carbocycles. The van der Waals surface area contributed by atoms with Crippen molar-refractivity contribution in [2.45, 2.75) is 89.2 Å². The minimum absolute atomic E-state index is 0.0462. The molecule has 0 bridgehead atoms. The Kier molecular flexibility index (Phi) is 9.75. The van der Waals surface area contributed by atoms with Gasteiger partial charge in [0.05, 0.1) is 25.9 Å². The molecule has 0 spiro atoms. The van der Waals surface area contributed by atoms with Crippen LogP contribution in [0.1, 0.15) is 31.3 Å². The van der Waals surface area contributed by atoms with Crippen molar-refractivity contribution in [1.29, 1.82) is 0 Å². The molecule has 202 valence electrons. The first kappa shape index (κ1) is 28.2. The standard InChI is InChI=1S/C30H42O6Si/c1-21(2)34-30-28(31-17-22(3)20-37(4,5)6)27(32-18-23-13-9-7-10-14-23)26-25(35-30)19-33-29(36-26)24-15-11-8-12-16-24/h7-16,21,25-30H,3,17-20H2,1-2,4-6H3/t25-,26-,27+,28-,29?,30-/m1/s1. The monoisotopic (exact) mass is 526 g/mol. The first-order chi connectivity index (χ1) is 17.7. The van der Waals surface area contributed by atoms with Crippen LogP contribution < -0.4 is 0 Å². The minimum Gasteiger partial charge on any atom is -0.368 e. The summed E-state index contributed by atoms with van der Waals surface area (Å²) in [4.78, 5) is 0. The Bertz CT molecular complexity index is 977. The summed E-state index contributed by atoms with van der Waals surface area (Å²) in [5.41, 5.74) is 3.13. The fourth-order valence-corrected chi connectivity index (χ4v) is 6.45. The Morgan fingerprint density at radius 3 is 2.27 bits per heavy atom. The molecule has 2 aliphatic heterocycles. The van der Waals surface area contributed by atoms with Crippen LogP contribution in [0, 0.1) is 0 Å². The van der Waals surface area contributed by atoms with E-state index in [-0.39, 0.29) is 18.3 Å². The summed E-state index contributed by atoms with van der Waals surface area (Å²) in [6.45, 7) is 16.5. The lowest BCUT2D eigenvalue weighted by molar-refractivity contribution is -0.374. The molecule has 2 aromatic rings. The highest BCUT2D eigenvalue weighted by atomic mass is 28.3. The molecule has 2 heterocycles. The predicted octanol–water partition coefficient (Wildman–Crippen LogP) is 6.12. The van der Waals surface area contributed by atoms with Crippen molar-refractivity contribution in [2.24, 2.45) is 0 Å². The molecular formula is C30H42O6Si. The van der Waals surface area contributed by atoms with Crippen LogP contribution in [0.5, 0.6) is 0 Å². The van der Waals surface area contributed by atoms with Gasteiger partial charge in [0.15, 0.2) is 12.6 Å². The molecule has 7 heteroatoms. The smallest absolute Gasteiger partial charge is 0.187 e. The number of fused-ring (bicyclic) bond motifs is 1. The Morgan fingerprint density at radius 1 is 0.946 bits per heavy atom. The maximum absolute atomic E-state index is 6.59. The molecule has 0 amide bonds. The van der Waals surface area contributed by atoms with Crippen LogP contribution >= 0.6 is 0 Å². The summed E-state index contributed by atoms with van der Waals surface area (Å²) in [5.74, 6) is 0. The molecule has 0 radical (unpaired) electrons. The molecule has 6 atom stereocenters. The van der Waals surface area contributed by atoms with Gasteiger partial charge in [-0.25, -0.2) is 0 Å². The average Bonchev–Trinajstić information content (AvgIpc) is 2.86. The van der Waals surface area contributed by atoms with Crippen molar-refractivity contribution < 1.29 is 28.4 Å². The zero-order valence-electron chi connectivity index (χ0n) is 22.8. The number of rotatable bonds is 11. The van der Waals surface area contributed by atoms with Crippen LogP contribution in [0.3, 0.4) is 0 Å². The van der Waals surface area contributed by atoms with E-state index >= 15 is 0 Å². The molecule has 6 nitrogen and oxygen atoms in total. The van der Waals surface area contributed by atoms with Crippen LogP contribution in [0.15, 0.2) is 72.8 Å². The second kappa shape index (κ2) is 12.8. The Labute approximate surface area is 222 Å². The maximum atomic E-state index is 6.59. The topological polar surface area (TPSA) is 55.4 Å². The third kappa shape index (κ3) is 8.07. The lowest BCUT2D eigenvalue weighted by Crippen LogP contribution is -2.64. The van der Waals surface area contributed by atoms with Gasteiger partial charge in [0.2, 0.25) is 0 Å². The van der Waals surface area contributed by atoms with Gasteiger partial charge in [0, 0.05) is 13.6 Å². The summed E-state index contributed by atoms with van der Waals surface area (Å²) >= 11 is 0. The molecule has 2 fully saturated rings. The summed E-state index contributed by atoms with van der Waals surface area (Å²) in [6, 6.07) is 21.1. The van der Waals surface area contributed by atoms with Crippen molar-refractivity contribution in [3.8, 4) is 0 Å². The van der Waals surface area contributed by atoms with Gasteiger partial charge in [-0.2, -0.15) is 0 Å². The van der Waals surface area contributed by atoms with Gasteiger partial charge >= 0.3 is 0 Å². The van der Waals surface area contributed by atoms with Crippen molar-refractivity contribution in [1.82, 2.24) is 0 Å². The summed E-state index contributed by atoms with van der Waals surface area (Å²) in [6.07, 6.45) is -2.78. The van der Waals surface area contributed by atoms with Gasteiger partial charge in [-0.05, 0) is 25.5 Å². The fraction of sp³-hybridized carbons (Fsp3) is 0.533. The van der Waals surface area contributed by atoms with E-state index in [4.69, 9.17) is 28.4 Å². The van der Waals surface area contributed by atoms with E-state index in [2.05, 4.69) is 38.4 Å². The minimum atomic E-state index is -1.32. The summed E-state index contributed by atoms with van der Waals surface area (Å²) < 4.78 is 38.4. The SMILES string of the molecule is C=C(CO[C@H]1[C@H](OC(C)C)O[C@@H]2COC(c3ccccc3)O[C@H]2[C@@H]1OCc1ccccc1)C[Si](C)(C)C. The molecule has 0 aromatic heterocycles. The Hall–Kier alpha value is -1.84. The molecule has 2 aliphatic rings. The molecule has 2 saturated heterocycles. The average molecular weight is 527 g/mol. The number of ether oxygens (including phenoxy) is 6. The second-order valence-electron chi connectivity index (χ2n) is 11.4. The normalized spacial score (nSPS) is 28.2. The largest absolute Gasteiger partial charge is 0.368 e. The van der Waals surface area contributed by atoms with E-state index in [0.717, 1.165) is 22.7 Å². The van der Waals surface area contributed by atoms with Gasteiger partial charge in [0.1, 0.15) is 24.4 Å². The second-order valence-corrected chi connectivity index (χ2v) is 16.9. The predicted molar refractivity (Wildman–Crippen MR) is 147 cm³/mol. The van der Waals surface area contributed by atoms with E-state index in [9.17, 15) is 0 Å². The van der Waals surface area contributed by atoms with Crippen molar-refractivity contribution >= 4 is 8.07 Å². The molecule has 0 N–H and O–H groups in total. The summed E-state index contributed by atoms with van der Waals surface area (Å²) in [5, 5.41) is 0. The number of hydrogen-bond donors (Lipinski definition) is 0. The van der Waals surface area contributed by atoms with E-state index in [0.29, 0.717) is 19.8 Å². The third-order valence-electron chi connectivity index (χ3n) is 6.31. The van der Waals surface area contributed by atoms with Crippen molar-refractivity contribution in [3.63, 3.8) is 0 Å². The zero-order valence-corrected chi connectivity index (χ0v) is 23.8. The highest BCUT2D eigenvalue weighted by Gasteiger charge is 2.52. The van der Waals surface area contributed by atoms with E-state index in [1.54, 1.807) is 0 Å². The van der Waals surface area contributed by atoms with Gasteiger partial charge in [-0.3, -0.25) is 0 Å². The highest BCUT2D eigenvalue weighted by Crippen LogP contribution is 2.37. The van der Waals surface area contributed by atoms with Crippen LogP contribution in [0.4, 0.5) is 0 Å². The first-order valence-electron chi connectivity index (χ1n) is 13.3. The van der Waals surface area contributed by atoms with Crippen molar-refractivity contribution in [3.05, 3.63) is 83.9 Å². The number of hydrogen-bond acceptors (Lipinski definition) is 6. The van der Waals surface area contributed by atoms with Crippen LogP contribution in [-0.4, -0.2) is 58.1 Å².